The number of rotatable bonds is 12. The molecule has 6 N–H and O–H groups in total. The summed E-state index contributed by atoms with van der Waals surface area (Å²) in [5, 5.41) is 15.5. The van der Waals surface area contributed by atoms with Gasteiger partial charge in [-0.2, -0.15) is 0 Å². The number of aliphatic hydroxyl groups is 1. The number of amides is 2. The molecule has 0 aromatic carbocycles. The van der Waals surface area contributed by atoms with E-state index in [1.165, 1.54) is 6.42 Å². The minimum absolute atomic E-state index is 0.00874. The summed E-state index contributed by atoms with van der Waals surface area (Å²) in [6.07, 6.45) is 4.92. The Hall–Kier alpha value is -0.950. The molecule has 1 fully saturated rings. The van der Waals surface area contributed by atoms with Crippen molar-refractivity contribution < 1.29 is 24.2 Å². The zero-order valence-electron chi connectivity index (χ0n) is 19.0. The molecular weight excluding hydrogens is 405 g/mol. The minimum Gasteiger partial charge on any atom is -0.391 e. The molecule has 176 valence electrons. The second-order valence-electron chi connectivity index (χ2n) is 9.26. The number of nitrogens with two attached hydrogens (primary N) is 1. The van der Waals surface area contributed by atoms with Crippen molar-refractivity contribution in [2.24, 2.45) is 23.5 Å². The molecule has 2 unspecified atom stereocenters. The summed E-state index contributed by atoms with van der Waals surface area (Å²) in [6.45, 7) is 7.31. The second-order valence-corrected chi connectivity index (χ2v) is 11.7. The molecule has 1 rings (SSSR count). The number of nitrogens with one attached hydrogen (secondary N) is 2. The van der Waals surface area contributed by atoms with Crippen LogP contribution in [0.5, 0.6) is 0 Å². The first-order valence-corrected chi connectivity index (χ1v) is 13.3. The Kier molecular flexibility index (Phi) is 11.6. The Balaban J connectivity index is 2.53. The van der Waals surface area contributed by atoms with E-state index in [0.29, 0.717) is 0 Å². The van der Waals surface area contributed by atoms with Gasteiger partial charge >= 0.3 is 0 Å². The molecule has 30 heavy (non-hydrogen) atoms. The van der Waals surface area contributed by atoms with E-state index in [9.17, 15) is 24.2 Å². The molecule has 0 aliphatic heterocycles. The second kappa shape index (κ2) is 12.8. The molecule has 1 aliphatic carbocycles. The summed E-state index contributed by atoms with van der Waals surface area (Å²) in [4.78, 5) is 35.2. The molecule has 1 aliphatic rings. The zero-order chi connectivity index (χ0) is 22.9. The smallest absolute Gasteiger partial charge is 0.242 e. The van der Waals surface area contributed by atoms with E-state index in [2.05, 4.69) is 10.6 Å². The van der Waals surface area contributed by atoms with Crippen molar-refractivity contribution in [2.75, 3.05) is 18.9 Å². The minimum atomic E-state index is -3.46. The summed E-state index contributed by atoms with van der Waals surface area (Å²) in [7, 11) is -3.46. The average molecular weight is 448 g/mol. The van der Waals surface area contributed by atoms with Crippen molar-refractivity contribution in [2.45, 2.75) is 84.4 Å². The lowest BCUT2D eigenvalue weighted by Gasteiger charge is -2.27. The van der Waals surface area contributed by atoms with Crippen LogP contribution in [0.25, 0.3) is 0 Å². The number of hydrogen-bond donors (Lipinski definition) is 5. The van der Waals surface area contributed by atoms with E-state index >= 15 is 0 Å². The summed E-state index contributed by atoms with van der Waals surface area (Å²) in [6, 6.07) is -1.49. The quantitative estimate of drug-likeness (QED) is 0.289. The molecule has 0 spiro atoms. The molecule has 0 heterocycles. The first-order chi connectivity index (χ1) is 14.0. The lowest BCUT2D eigenvalue weighted by molar-refractivity contribution is -0.131. The number of carbonyl (C=O) groups excluding carboxylic acids is 2. The van der Waals surface area contributed by atoms with Crippen LogP contribution >= 0.6 is 7.37 Å². The maximum atomic E-state index is 12.6. The molecule has 0 saturated heterocycles. The lowest BCUT2D eigenvalue weighted by Crippen LogP contribution is -2.55. The van der Waals surface area contributed by atoms with Crippen LogP contribution in [0.15, 0.2) is 0 Å². The van der Waals surface area contributed by atoms with Gasteiger partial charge in [0.05, 0.1) is 18.3 Å². The maximum absolute atomic E-state index is 12.6. The maximum Gasteiger partial charge on any atom is 0.242 e. The largest absolute Gasteiger partial charge is 0.391 e. The summed E-state index contributed by atoms with van der Waals surface area (Å²) >= 11 is 0. The highest BCUT2D eigenvalue weighted by Crippen LogP contribution is 2.45. The topological polar surface area (TPSA) is 142 Å². The van der Waals surface area contributed by atoms with Crippen molar-refractivity contribution in [1.82, 2.24) is 10.6 Å². The first-order valence-electron chi connectivity index (χ1n) is 11.3. The van der Waals surface area contributed by atoms with Crippen LogP contribution in [0.2, 0.25) is 0 Å². The van der Waals surface area contributed by atoms with Crippen LogP contribution in [0.4, 0.5) is 0 Å². The summed E-state index contributed by atoms with van der Waals surface area (Å²) in [5.74, 6) is -0.762. The normalized spacial score (nSPS) is 21.3. The fourth-order valence-corrected chi connectivity index (χ4v) is 5.98. The van der Waals surface area contributed by atoms with Crippen LogP contribution in [-0.2, 0) is 14.2 Å². The molecule has 0 aromatic rings. The molecule has 9 heteroatoms. The monoisotopic (exact) mass is 447 g/mol. The molecule has 1 saturated carbocycles. The van der Waals surface area contributed by atoms with Crippen LogP contribution in [-0.4, -0.2) is 58.9 Å². The molecule has 0 radical (unpaired) electrons. The predicted octanol–water partition coefficient (Wildman–Crippen LogP) is 1.83. The van der Waals surface area contributed by atoms with E-state index in [-0.39, 0.29) is 42.5 Å². The Morgan fingerprint density at radius 3 is 2.27 bits per heavy atom. The van der Waals surface area contributed by atoms with E-state index < -0.39 is 31.5 Å². The number of aliphatic hydroxyl groups excluding tert-OH is 1. The molecule has 0 aromatic heterocycles. The molecule has 8 nitrogen and oxygen atoms in total. The fraction of sp³-hybridized carbons (Fsp3) is 0.905. The predicted molar refractivity (Wildman–Crippen MR) is 119 cm³/mol. The highest BCUT2D eigenvalue weighted by Gasteiger charge is 2.30. The SMILES string of the molecule is CCC(C)[C@H](N)C(=O)N[C@H](C(=O)NC[C@@H](O)CP(=O)(O)CC1CCCCC1)C(C)C. The van der Waals surface area contributed by atoms with E-state index in [4.69, 9.17) is 5.73 Å². The number of carbonyl (C=O) groups is 2. The van der Waals surface area contributed by atoms with Gasteiger partial charge in [-0.05, 0) is 30.6 Å². The van der Waals surface area contributed by atoms with Gasteiger partial charge < -0.3 is 26.4 Å². The van der Waals surface area contributed by atoms with Crippen molar-refractivity contribution >= 4 is 19.2 Å². The van der Waals surface area contributed by atoms with Crippen molar-refractivity contribution in [1.29, 1.82) is 0 Å². The van der Waals surface area contributed by atoms with Gasteiger partial charge in [0.1, 0.15) is 6.04 Å². The summed E-state index contributed by atoms with van der Waals surface area (Å²) in [5.41, 5.74) is 5.95. The van der Waals surface area contributed by atoms with E-state index in [0.717, 1.165) is 32.1 Å². The molecule has 0 bridgehead atoms. The highest BCUT2D eigenvalue weighted by atomic mass is 31.2. The van der Waals surface area contributed by atoms with Crippen LogP contribution in [0.1, 0.15) is 66.2 Å². The van der Waals surface area contributed by atoms with Gasteiger partial charge in [-0.1, -0.05) is 53.4 Å². The first kappa shape index (κ1) is 27.1. The number of hydrogen-bond acceptors (Lipinski definition) is 5. The Morgan fingerprint density at radius 2 is 1.73 bits per heavy atom. The Labute approximate surface area is 181 Å². The molecule has 5 atom stereocenters. The van der Waals surface area contributed by atoms with Gasteiger partial charge in [0, 0.05) is 12.7 Å². The van der Waals surface area contributed by atoms with E-state index in [1.54, 1.807) is 0 Å². The lowest BCUT2D eigenvalue weighted by atomic mass is 9.91. The van der Waals surface area contributed by atoms with Gasteiger partial charge in [-0.15, -0.1) is 0 Å². The van der Waals surface area contributed by atoms with Crippen LogP contribution in [0, 0.1) is 17.8 Å². The van der Waals surface area contributed by atoms with Gasteiger partial charge in [-0.3, -0.25) is 14.2 Å². The molecular formula is C21H42N3O5P. The Bertz CT molecular complexity index is 595. The summed E-state index contributed by atoms with van der Waals surface area (Å²) < 4.78 is 12.5. The van der Waals surface area contributed by atoms with Crippen LogP contribution in [0.3, 0.4) is 0 Å². The van der Waals surface area contributed by atoms with Crippen LogP contribution < -0.4 is 16.4 Å². The third kappa shape index (κ3) is 9.46. The zero-order valence-corrected chi connectivity index (χ0v) is 19.9. The van der Waals surface area contributed by atoms with Gasteiger partial charge in [-0.25, -0.2) is 0 Å². The third-order valence-electron chi connectivity index (χ3n) is 6.08. The third-order valence-corrected chi connectivity index (χ3v) is 8.16. The van der Waals surface area contributed by atoms with Crippen molar-refractivity contribution in [3.05, 3.63) is 0 Å². The highest BCUT2D eigenvalue weighted by molar-refractivity contribution is 7.58. The van der Waals surface area contributed by atoms with Gasteiger partial charge in [0.15, 0.2) is 0 Å². The van der Waals surface area contributed by atoms with Gasteiger partial charge in [0.25, 0.3) is 0 Å². The molecule has 2 amide bonds. The van der Waals surface area contributed by atoms with Gasteiger partial charge in [0.2, 0.25) is 19.2 Å². The average Bonchev–Trinajstić information content (AvgIpc) is 2.68. The van der Waals surface area contributed by atoms with Crippen molar-refractivity contribution in [3.63, 3.8) is 0 Å². The standard InChI is InChI=1S/C21H42N3O5P/c1-5-15(4)18(22)20(26)24-19(14(2)3)21(27)23-11-17(25)13-30(28,29)12-16-9-7-6-8-10-16/h14-19,25H,5-13,22H2,1-4H3,(H,23,27)(H,24,26)(H,28,29)/t15?,17-,18+,19+/m1/s1. The fourth-order valence-electron chi connectivity index (χ4n) is 3.87. The van der Waals surface area contributed by atoms with E-state index in [1.807, 2.05) is 27.7 Å². The van der Waals surface area contributed by atoms with Crippen molar-refractivity contribution in [3.8, 4) is 0 Å². The Morgan fingerprint density at radius 1 is 1.13 bits per heavy atom.